The molecule has 0 aromatic heterocycles. The molecular weight excluding hydrogens is 254 g/mol. The highest BCUT2D eigenvalue weighted by Gasteiger charge is 2.04. The van der Waals surface area contributed by atoms with E-state index in [1.54, 1.807) is 7.11 Å². The molecule has 0 aliphatic rings. The Morgan fingerprint density at radius 2 is 1.90 bits per heavy atom. The van der Waals surface area contributed by atoms with Crippen LogP contribution < -0.4 is 14.8 Å². The van der Waals surface area contributed by atoms with Gasteiger partial charge in [-0.25, -0.2) is 0 Å². The fraction of sp³-hybridized carbons (Fsp3) is 0.625. The molecule has 1 aromatic carbocycles. The van der Waals surface area contributed by atoms with Crippen LogP contribution in [0.15, 0.2) is 18.2 Å². The van der Waals surface area contributed by atoms with Gasteiger partial charge in [-0.05, 0) is 44.0 Å². The van der Waals surface area contributed by atoms with E-state index in [-0.39, 0.29) is 0 Å². The Bertz CT molecular complexity index is 369. The third-order valence-electron chi connectivity index (χ3n) is 3.02. The summed E-state index contributed by atoms with van der Waals surface area (Å²) in [5.74, 6) is 1.61. The van der Waals surface area contributed by atoms with Crippen LogP contribution in [0.5, 0.6) is 11.5 Å². The van der Waals surface area contributed by atoms with Crippen LogP contribution in [0.1, 0.15) is 25.8 Å². The number of rotatable bonds is 11. The molecule has 0 amide bonds. The van der Waals surface area contributed by atoms with Gasteiger partial charge in [-0.15, -0.1) is 0 Å². The summed E-state index contributed by atoms with van der Waals surface area (Å²) in [5, 5.41) is 3.33. The van der Waals surface area contributed by atoms with Gasteiger partial charge in [0, 0.05) is 19.8 Å². The Morgan fingerprint density at radius 1 is 1.05 bits per heavy atom. The minimum atomic E-state index is 0.635. The molecule has 0 aliphatic heterocycles. The molecule has 0 radical (unpaired) electrons. The lowest BCUT2D eigenvalue weighted by Crippen LogP contribution is -2.23. The predicted octanol–water partition coefficient (Wildman–Crippen LogP) is 2.65. The topological polar surface area (TPSA) is 39.7 Å². The number of benzene rings is 1. The van der Waals surface area contributed by atoms with E-state index < -0.39 is 0 Å². The molecule has 0 saturated carbocycles. The molecule has 1 N–H and O–H groups in total. The maximum Gasteiger partial charge on any atom is 0.161 e. The highest BCUT2D eigenvalue weighted by atomic mass is 16.5. The molecule has 1 aromatic rings. The summed E-state index contributed by atoms with van der Waals surface area (Å²) in [4.78, 5) is 0. The van der Waals surface area contributed by atoms with Gasteiger partial charge < -0.3 is 19.5 Å². The second kappa shape index (κ2) is 10.5. The number of aryl methyl sites for hydroxylation is 1. The summed E-state index contributed by atoms with van der Waals surface area (Å²) in [6.07, 6.45) is 2.03. The van der Waals surface area contributed by atoms with E-state index in [4.69, 9.17) is 14.2 Å². The summed E-state index contributed by atoms with van der Waals surface area (Å²) in [7, 11) is 1.67. The first-order chi connectivity index (χ1) is 9.81. The SMILES string of the molecule is CCOCCCNCCOc1ccc(CC)cc1OC. The monoisotopic (exact) mass is 281 g/mol. The van der Waals surface area contributed by atoms with Crippen molar-refractivity contribution in [3.05, 3.63) is 23.8 Å². The molecule has 0 heterocycles. The maximum absolute atomic E-state index is 5.74. The maximum atomic E-state index is 5.74. The molecule has 0 fully saturated rings. The van der Waals surface area contributed by atoms with Crippen LogP contribution in [0.3, 0.4) is 0 Å². The Balaban J connectivity index is 2.21. The second-order valence-electron chi connectivity index (χ2n) is 4.49. The van der Waals surface area contributed by atoms with Crippen molar-refractivity contribution in [1.82, 2.24) is 5.32 Å². The molecule has 20 heavy (non-hydrogen) atoms. The molecule has 0 saturated heterocycles. The first kappa shape index (κ1) is 16.8. The van der Waals surface area contributed by atoms with Gasteiger partial charge in [0.2, 0.25) is 0 Å². The van der Waals surface area contributed by atoms with Crippen LogP contribution in [0.2, 0.25) is 0 Å². The van der Waals surface area contributed by atoms with Gasteiger partial charge in [-0.2, -0.15) is 0 Å². The molecule has 1 rings (SSSR count). The van der Waals surface area contributed by atoms with Crippen LogP contribution in [0, 0.1) is 0 Å². The van der Waals surface area contributed by atoms with Crippen LogP contribution in [0.4, 0.5) is 0 Å². The zero-order valence-electron chi connectivity index (χ0n) is 12.9. The molecule has 0 bridgehead atoms. The minimum Gasteiger partial charge on any atom is -0.493 e. The first-order valence-corrected chi connectivity index (χ1v) is 7.40. The molecule has 0 spiro atoms. The van der Waals surface area contributed by atoms with Crippen molar-refractivity contribution >= 4 is 0 Å². The number of hydrogen-bond acceptors (Lipinski definition) is 4. The van der Waals surface area contributed by atoms with E-state index in [0.717, 1.165) is 50.6 Å². The van der Waals surface area contributed by atoms with Crippen molar-refractivity contribution < 1.29 is 14.2 Å². The van der Waals surface area contributed by atoms with Crippen LogP contribution in [0.25, 0.3) is 0 Å². The number of ether oxygens (including phenoxy) is 3. The summed E-state index contributed by atoms with van der Waals surface area (Å²) in [6, 6.07) is 6.09. The Kier molecular flexibility index (Phi) is 8.83. The Labute approximate surface area is 122 Å². The zero-order valence-corrected chi connectivity index (χ0v) is 12.9. The van der Waals surface area contributed by atoms with Gasteiger partial charge in [-0.1, -0.05) is 13.0 Å². The molecule has 114 valence electrons. The van der Waals surface area contributed by atoms with Crippen molar-refractivity contribution in [3.63, 3.8) is 0 Å². The minimum absolute atomic E-state index is 0.635. The first-order valence-electron chi connectivity index (χ1n) is 7.40. The van der Waals surface area contributed by atoms with Crippen molar-refractivity contribution in [2.24, 2.45) is 0 Å². The largest absolute Gasteiger partial charge is 0.493 e. The fourth-order valence-electron chi connectivity index (χ4n) is 1.85. The van der Waals surface area contributed by atoms with E-state index in [2.05, 4.69) is 18.3 Å². The van der Waals surface area contributed by atoms with E-state index in [1.807, 2.05) is 19.1 Å². The molecule has 0 unspecified atom stereocenters. The van der Waals surface area contributed by atoms with Crippen LogP contribution >= 0.6 is 0 Å². The number of hydrogen-bond donors (Lipinski definition) is 1. The lowest BCUT2D eigenvalue weighted by molar-refractivity contribution is 0.144. The number of methoxy groups -OCH3 is 1. The van der Waals surface area contributed by atoms with Crippen molar-refractivity contribution in [3.8, 4) is 11.5 Å². The van der Waals surface area contributed by atoms with Crippen molar-refractivity contribution in [1.29, 1.82) is 0 Å². The lowest BCUT2D eigenvalue weighted by atomic mass is 10.1. The van der Waals surface area contributed by atoms with Gasteiger partial charge in [0.25, 0.3) is 0 Å². The summed E-state index contributed by atoms with van der Waals surface area (Å²) in [6.45, 7) is 8.16. The van der Waals surface area contributed by atoms with Gasteiger partial charge in [0.15, 0.2) is 11.5 Å². The summed E-state index contributed by atoms with van der Waals surface area (Å²) >= 11 is 0. The summed E-state index contributed by atoms with van der Waals surface area (Å²) < 4.78 is 16.4. The van der Waals surface area contributed by atoms with Crippen molar-refractivity contribution in [2.45, 2.75) is 26.7 Å². The molecule has 4 nitrogen and oxygen atoms in total. The van der Waals surface area contributed by atoms with E-state index in [0.29, 0.717) is 6.61 Å². The molecule has 0 atom stereocenters. The zero-order chi connectivity index (χ0) is 14.6. The standard InChI is InChI=1S/C16H27NO3/c1-4-14-7-8-15(16(13-14)18-3)20-12-10-17-9-6-11-19-5-2/h7-8,13,17H,4-6,9-12H2,1-3H3. The average molecular weight is 281 g/mol. The third kappa shape index (κ3) is 6.26. The molecule has 4 heteroatoms. The smallest absolute Gasteiger partial charge is 0.161 e. The average Bonchev–Trinajstić information content (AvgIpc) is 2.50. The Morgan fingerprint density at radius 3 is 2.60 bits per heavy atom. The summed E-state index contributed by atoms with van der Waals surface area (Å²) in [5.41, 5.74) is 1.25. The van der Waals surface area contributed by atoms with Crippen molar-refractivity contribution in [2.75, 3.05) is 40.0 Å². The van der Waals surface area contributed by atoms with E-state index in [9.17, 15) is 0 Å². The van der Waals surface area contributed by atoms with Gasteiger partial charge in [0.05, 0.1) is 7.11 Å². The highest BCUT2D eigenvalue weighted by molar-refractivity contribution is 5.42. The normalized spacial score (nSPS) is 10.6. The van der Waals surface area contributed by atoms with Crippen LogP contribution in [-0.4, -0.2) is 40.0 Å². The van der Waals surface area contributed by atoms with Gasteiger partial charge in [0.1, 0.15) is 6.61 Å². The second-order valence-corrected chi connectivity index (χ2v) is 4.49. The van der Waals surface area contributed by atoms with E-state index in [1.165, 1.54) is 5.56 Å². The fourth-order valence-corrected chi connectivity index (χ4v) is 1.85. The van der Waals surface area contributed by atoms with Gasteiger partial charge >= 0.3 is 0 Å². The van der Waals surface area contributed by atoms with E-state index >= 15 is 0 Å². The number of nitrogens with one attached hydrogen (secondary N) is 1. The molecular formula is C16H27NO3. The Hall–Kier alpha value is -1.26. The predicted molar refractivity (Wildman–Crippen MR) is 81.8 cm³/mol. The third-order valence-corrected chi connectivity index (χ3v) is 3.02. The van der Waals surface area contributed by atoms with Gasteiger partial charge in [-0.3, -0.25) is 0 Å². The molecule has 0 aliphatic carbocycles. The van der Waals surface area contributed by atoms with Crippen LogP contribution in [-0.2, 0) is 11.2 Å². The highest BCUT2D eigenvalue weighted by Crippen LogP contribution is 2.28. The quantitative estimate of drug-likeness (QED) is 0.633. The lowest BCUT2D eigenvalue weighted by Gasteiger charge is -2.12.